The van der Waals surface area contributed by atoms with Gasteiger partial charge in [0.2, 0.25) is 11.8 Å². The van der Waals surface area contributed by atoms with Crippen molar-refractivity contribution in [3.8, 4) is 0 Å². The topological polar surface area (TPSA) is 61.4 Å². The first-order valence-electron chi connectivity index (χ1n) is 7.57. The summed E-state index contributed by atoms with van der Waals surface area (Å²) in [4.78, 5) is 25.2. The van der Waals surface area contributed by atoms with E-state index in [4.69, 9.17) is 0 Å². The van der Waals surface area contributed by atoms with Crippen molar-refractivity contribution in [3.63, 3.8) is 0 Å². The van der Waals surface area contributed by atoms with Gasteiger partial charge in [-0.25, -0.2) is 8.78 Å². The number of amides is 2. The summed E-state index contributed by atoms with van der Waals surface area (Å²) in [5, 5.41) is 5.48. The summed E-state index contributed by atoms with van der Waals surface area (Å²) in [6.45, 7) is 1.77. The summed E-state index contributed by atoms with van der Waals surface area (Å²) in [7, 11) is 1.66. The van der Waals surface area contributed by atoms with Crippen LogP contribution in [0.4, 0.5) is 8.78 Å². The molecule has 0 aliphatic heterocycles. The maximum atomic E-state index is 13.7. The molecule has 0 radical (unpaired) electrons. The van der Waals surface area contributed by atoms with Crippen LogP contribution in [-0.4, -0.2) is 42.9 Å². The highest BCUT2D eigenvalue weighted by molar-refractivity contribution is 5.81. The Morgan fingerprint density at radius 1 is 1.26 bits per heavy atom. The van der Waals surface area contributed by atoms with Gasteiger partial charge in [-0.3, -0.25) is 14.5 Å². The summed E-state index contributed by atoms with van der Waals surface area (Å²) in [5.41, 5.74) is 0.217. The van der Waals surface area contributed by atoms with Crippen LogP contribution in [-0.2, 0) is 9.59 Å². The minimum atomic E-state index is -0.699. The molecule has 2 N–H and O–H groups in total. The average Bonchev–Trinajstić information content (AvgIpc) is 3.21. The van der Waals surface area contributed by atoms with Crippen LogP contribution in [0.15, 0.2) is 18.2 Å². The van der Waals surface area contributed by atoms with Crippen LogP contribution in [0.1, 0.15) is 31.4 Å². The van der Waals surface area contributed by atoms with Crippen LogP contribution < -0.4 is 10.6 Å². The zero-order valence-corrected chi connectivity index (χ0v) is 13.2. The number of hydrogen-bond acceptors (Lipinski definition) is 3. The minimum absolute atomic E-state index is 0.0191. The van der Waals surface area contributed by atoms with Gasteiger partial charge in [-0.05, 0) is 32.9 Å². The lowest BCUT2D eigenvalue weighted by atomic mass is 10.1. The molecule has 0 unspecified atom stereocenters. The second-order valence-corrected chi connectivity index (χ2v) is 5.97. The van der Waals surface area contributed by atoms with Gasteiger partial charge in [0.05, 0.1) is 19.1 Å². The Balaban J connectivity index is 1.79. The van der Waals surface area contributed by atoms with Crippen molar-refractivity contribution in [3.05, 3.63) is 35.4 Å². The SMILES string of the molecule is C[C@@H](NC(=O)CN(C)CC(=O)NC1CC1)c1ccc(F)cc1F. The maximum Gasteiger partial charge on any atom is 0.234 e. The van der Waals surface area contributed by atoms with E-state index in [1.54, 1.807) is 18.9 Å². The van der Waals surface area contributed by atoms with E-state index in [9.17, 15) is 18.4 Å². The number of carbonyl (C=O) groups excluding carboxylic acids is 2. The number of benzene rings is 1. The van der Waals surface area contributed by atoms with E-state index in [0.717, 1.165) is 25.0 Å². The molecule has 0 aromatic heterocycles. The normalized spacial score (nSPS) is 15.3. The fourth-order valence-electron chi connectivity index (χ4n) is 2.26. The number of carbonyl (C=O) groups is 2. The second-order valence-electron chi connectivity index (χ2n) is 5.97. The predicted octanol–water partition coefficient (Wildman–Crippen LogP) is 1.35. The van der Waals surface area contributed by atoms with Gasteiger partial charge in [0, 0.05) is 17.7 Å². The highest BCUT2D eigenvalue weighted by Gasteiger charge is 2.24. The van der Waals surface area contributed by atoms with E-state index in [0.29, 0.717) is 0 Å². The summed E-state index contributed by atoms with van der Waals surface area (Å²) in [6, 6.07) is 2.94. The van der Waals surface area contributed by atoms with Gasteiger partial charge in [0.15, 0.2) is 0 Å². The lowest BCUT2D eigenvalue weighted by Crippen LogP contribution is -2.42. The van der Waals surface area contributed by atoms with Crippen LogP contribution in [0.5, 0.6) is 0 Å². The fourth-order valence-corrected chi connectivity index (χ4v) is 2.26. The van der Waals surface area contributed by atoms with Crippen molar-refractivity contribution in [2.24, 2.45) is 0 Å². The van der Waals surface area contributed by atoms with Gasteiger partial charge < -0.3 is 10.6 Å². The van der Waals surface area contributed by atoms with Crippen molar-refractivity contribution < 1.29 is 18.4 Å². The van der Waals surface area contributed by atoms with Gasteiger partial charge in [0.25, 0.3) is 0 Å². The maximum absolute atomic E-state index is 13.7. The number of rotatable bonds is 7. The van der Waals surface area contributed by atoms with Crippen LogP contribution in [0.2, 0.25) is 0 Å². The van der Waals surface area contributed by atoms with Gasteiger partial charge in [0.1, 0.15) is 11.6 Å². The summed E-state index contributed by atoms with van der Waals surface area (Å²) in [5.74, 6) is -1.80. The highest BCUT2D eigenvalue weighted by atomic mass is 19.1. The van der Waals surface area contributed by atoms with E-state index in [-0.39, 0.29) is 36.5 Å². The van der Waals surface area contributed by atoms with E-state index < -0.39 is 17.7 Å². The molecule has 23 heavy (non-hydrogen) atoms. The van der Waals surface area contributed by atoms with Crippen molar-refractivity contribution in [1.29, 1.82) is 0 Å². The molecule has 2 amide bonds. The van der Waals surface area contributed by atoms with Gasteiger partial charge in [-0.1, -0.05) is 6.07 Å². The third-order valence-electron chi connectivity index (χ3n) is 3.58. The monoisotopic (exact) mass is 325 g/mol. The van der Waals surface area contributed by atoms with E-state index in [2.05, 4.69) is 10.6 Å². The summed E-state index contributed by atoms with van der Waals surface area (Å²) in [6.07, 6.45) is 2.02. The van der Waals surface area contributed by atoms with E-state index in [1.165, 1.54) is 6.07 Å². The zero-order chi connectivity index (χ0) is 17.0. The Bertz CT molecular complexity index is 591. The molecule has 2 rings (SSSR count). The van der Waals surface area contributed by atoms with Crippen LogP contribution in [0.25, 0.3) is 0 Å². The van der Waals surface area contributed by atoms with Gasteiger partial charge in [-0.15, -0.1) is 0 Å². The van der Waals surface area contributed by atoms with E-state index in [1.807, 2.05) is 0 Å². The molecular formula is C16H21F2N3O2. The van der Waals surface area contributed by atoms with Crippen LogP contribution in [0.3, 0.4) is 0 Å². The Hall–Kier alpha value is -2.02. The fraction of sp³-hybridized carbons (Fsp3) is 0.500. The Morgan fingerprint density at radius 2 is 1.91 bits per heavy atom. The molecule has 0 heterocycles. The van der Waals surface area contributed by atoms with Gasteiger partial charge >= 0.3 is 0 Å². The first-order valence-corrected chi connectivity index (χ1v) is 7.57. The number of likely N-dealkylation sites (N-methyl/N-ethyl adjacent to an activating group) is 1. The highest BCUT2D eigenvalue weighted by Crippen LogP contribution is 2.18. The molecule has 5 nitrogen and oxygen atoms in total. The summed E-state index contributed by atoms with van der Waals surface area (Å²) < 4.78 is 26.5. The van der Waals surface area contributed by atoms with E-state index >= 15 is 0 Å². The molecule has 1 atom stereocenters. The number of nitrogens with zero attached hydrogens (tertiary/aromatic N) is 1. The van der Waals surface area contributed by atoms with Crippen molar-refractivity contribution in [1.82, 2.24) is 15.5 Å². The predicted molar refractivity (Wildman–Crippen MR) is 81.6 cm³/mol. The molecule has 1 aromatic carbocycles. The molecule has 0 saturated heterocycles. The molecular weight excluding hydrogens is 304 g/mol. The van der Waals surface area contributed by atoms with Crippen LogP contribution >= 0.6 is 0 Å². The number of halogens is 2. The van der Waals surface area contributed by atoms with Gasteiger partial charge in [-0.2, -0.15) is 0 Å². The lowest BCUT2D eigenvalue weighted by Gasteiger charge is -2.19. The van der Waals surface area contributed by atoms with Crippen molar-refractivity contribution in [2.75, 3.05) is 20.1 Å². The van der Waals surface area contributed by atoms with Crippen molar-refractivity contribution in [2.45, 2.75) is 31.8 Å². The lowest BCUT2D eigenvalue weighted by molar-refractivity contribution is -0.125. The smallest absolute Gasteiger partial charge is 0.234 e. The first-order chi connectivity index (χ1) is 10.8. The Morgan fingerprint density at radius 3 is 2.52 bits per heavy atom. The molecule has 7 heteroatoms. The molecule has 1 fully saturated rings. The summed E-state index contributed by atoms with van der Waals surface area (Å²) >= 11 is 0. The Labute approximate surface area is 134 Å². The largest absolute Gasteiger partial charge is 0.352 e. The quantitative estimate of drug-likeness (QED) is 0.796. The Kier molecular flexibility index (Phi) is 5.65. The minimum Gasteiger partial charge on any atom is -0.352 e. The van der Waals surface area contributed by atoms with Crippen LogP contribution in [0, 0.1) is 11.6 Å². The zero-order valence-electron chi connectivity index (χ0n) is 13.2. The standard InChI is InChI=1S/C16H21F2N3O2/c1-10(13-6-3-11(17)7-14(13)18)19-15(22)8-21(2)9-16(23)20-12-4-5-12/h3,6-7,10,12H,4-5,8-9H2,1-2H3,(H,19,22)(H,20,23)/t10-/m1/s1. The first kappa shape index (κ1) is 17.3. The molecule has 1 saturated carbocycles. The molecule has 1 aromatic rings. The third-order valence-corrected chi connectivity index (χ3v) is 3.58. The third kappa shape index (κ3) is 5.59. The number of nitrogens with one attached hydrogen (secondary N) is 2. The van der Waals surface area contributed by atoms with Crippen molar-refractivity contribution >= 4 is 11.8 Å². The average molecular weight is 325 g/mol. The molecule has 126 valence electrons. The second kappa shape index (κ2) is 7.50. The number of hydrogen-bond donors (Lipinski definition) is 2. The molecule has 1 aliphatic rings. The molecule has 1 aliphatic carbocycles. The molecule has 0 bridgehead atoms. The molecule has 0 spiro atoms.